The normalized spacial score (nSPS) is 10.7. The predicted molar refractivity (Wildman–Crippen MR) is 89.4 cm³/mol. The van der Waals surface area contributed by atoms with Gasteiger partial charge in [0.2, 0.25) is 0 Å². The number of anilines is 1. The van der Waals surface area contributed by atoms with Crippen molar-refractivity contribution in [1.29, 1.82) is 0 Å². The number of carboxylic acid groups (broad SMARTS) is 1. The van der Waals surface area contributed by atoms with Crippen LogP contribution in [-0.4, -0.2) is 36.6 Å². The number of aromatic carboxylic acids is 1. The molecule has 0 saturated carbocycles. The summed E-state index contributed by atoms with van der Waals surface area (Å²) >= 11 is 0. The number of carbonyl (C=O) groups is 1. The summed E-state index contributed by atoms with van der Waals surface area (Å²) in [5.74, 6) is -0.896. The van der Waals surface area contributed by atoms with E-state index < -0.39 is 5.97 Å². The van der Waals surface area contributed by atoms with Gasteiger partial charge < -0.3 is 15.3 Å². The summed E-state index contributed by atoms with van der Waals surface area (Å²) in [6.45, 7) is 1.65. The summed E-state index contributed by atoms with van der Waals surface area (Å²) in [5.41, 5.74) is 3.62. The van der Waals surface area contributed by atoms with Gasteiger partial charge in [0.1, 0.15) is 0 Å². The Kier molecular flexibility index (Phi) is 5.55. The van der Waals surface area contributed by atoms with Crippen LogP contribution in [0.4, 0.5) is 5.69 Å². The minimum absolute atomic E-state index is 0.318. The standard InChI is InChI=1S/C18H22N2O2/c1-20(2)11-10-14-6-8-17(9-7-14)19-13-15-4-3-5-16(12-15)18(21)22/h3-9,12,19H,10-11,13H2,1-2H3,(H,21,22). The smallest absolute Gasteiger partial charge is 0.335 e. The predicted octanol–water partition coefficient (Wildman–Crippen LogP) is 3.10. The summed E-state index contributed by atoms with van der Waals surface area (Å²) in [4.78, 5) is 13.1. The number of nitrogens with zero attached hydrogens (tertiary/aromatic N) is 1. The maximum atomic E-state index is 11.0. The van der Waals surface area contributed by atoms with Crippen molar-refractivity contribution in [3.8, 4) is 0 Å². The number of nitrogens with one attached hydrogen (secondary N) is 1. The Morgan fingerprint density at radius 2 is 1.82 bits per heavy atom. The molecule has 2 rings (SSSR count). The Bertz CT molecular complexity index is 621. The summed E-state index contributed by atoms with van der Waals surface area (Å²) in [5, 5.41) is 12.3. The Balaban J connectivity index is 1.91. The van der Waals surface area contributed by atoms with Crippen molar-refractivity contribution in [1.82, 2.24) is 4.90 Å². The number of likely N-dealkylation sites (N-methyl/N-ethyl adjacent to an activating group) is 1. The highest BCUT2D eigenvalue weighted by Crippen LogP contribution is 2.13. The van der Waals surface area contributed by atoms with Crippen LogP contribution in [0, 0.1) is 0 Å². The molecule has 116 valence electrons. The van der Waals surface area contributed by atoms with Gasteiger partial charge in [-0.05, 0) is 55.9 Å². The Morgan fingerprint density at radius 1 is 1.09 bits per heavy atom. The van der Waals surface area contributed by atoms with E-state index in [4.69, 9.17) is 5.11 Å². The van der Waals surface area contributed by atoms with E-state index in [2.05, 4.69) is 48.6 Å². The fourth-order valence-corrected chi connectivity index (χ4v) is 2.16. The molecule has 0 heterocycles. The maximum Gasteiger partial charge on any atom is 0.335 e. The molecule has 4 heteroatoms. The van der Waals surface area contributed by atoms with Crippen molar-refractivity contribution in [2.45, 2.75) is 13.0 Å². The second kappa shape index (κ2) is 7.61. The Morgan fingerprint density at radius 3 is 2.45 bits per heavy atom. The molecule has 0 aliphatic heterocycles. The zero-order valence-electron chi connectivity index (χ0n) is 13.0. The molecule has 0 bridgehead atoms. The van der Waals surface area contributed by atoms with Gasteiger partial charge in [0.15, 0.2) is 0 Å². The second-order valence-corrected chi connectivity index (χ2v) is 5.61. The van der Waals surface area contributed by atoms with E-state index in [1.54, 1.807) is 18.2 Å². The summed E-state index contributed by atoms with van der Waals surface area (Å²) < 4.78 is 0. The topological polar surface area (TPSA) is 52.6 Å². The fraction of sp³-hybridized carbons (Fsp3) is 0.278. The number of hydrogen-bond acceptors (Lipinski definition) is 3. The molecule has 22 heavy (non-hydrogen) atoms. The van der Waals surface area contributed by atoms with E-state index in [0.29, 0.717) is 12.1 Å². The average Bonchev–Trinajstić information content (AvgIpc) is 2.52. The molecule has 0 spiro atoms. The van der Waals surface area contributed by atoms with Gasteiger partial charge in [0.05, 0.1) is 5.56 Å². The molecule has 0 amide bonds. The van der Waals surface area contributed by atoms with Crippen molar-refractivity contribution in [2.24, 2.45) is 0 Å². The quantitative estimate of drug-likeness (QED) is 0.824. The first-order valence-corrected chi connectivity index (χ1v) is 7.34. The maximum absolute atomic E-state index is 11.0. The van der Waals surface area contributed by atoms with Gasteiger partial charge in [-0.3, -0.25) is 0 Å². The number of carboxylic acids is 1. The van der Waals surface area contributed by atoms with Crippen molar-refractivity contribution in [2.75, 3.05) is 26.0 Å². The third-order valence-corrected chi connectivity index (χ3v) is 3.47. The van der Waals surface area contributed by atoms with Crippen LogP contribution in [0.15, 0.2) is 48.5 Å². The van der Waals surface area contributed by atoms with Crippen molar-refractivity contribution in [3.63, 3.8) is 0 Å². The minimum atomic E-state index is -0.896. The first-order chi connectivity index (χ1) is 10.5. The largest absolute Gasteiger partial charge is 0.478 e. The van der Waals surface area contributed by atoms with Crippen LogP contribution in [0.1, 0.15) is 21.5 Å². The third kappa shape index (κ3) is 4.90. The van der Waals surface area contributed by atoms with E-state index in [9.17, 15) is 4.79 Å². The zero-order chi connectivity index (χ0) is 15.9. The molecule has 0 aliphatic rings. The molecule has 4 nitrogen and oxygen atoms in total. The lowest BCUT2D eigenvalue weighted by Crippen LogP contribution is -2.14. The molecule has 0 radical (unpaired) electrons. The molecule has 0 atom stereocenters. The van der Waals surface area contributed by atoms with Gasteiger partial charge in [0, 0.05) is 18.8 Å². The molecule has 2 N–H and O–H groups in total. The van der Waals surface area contributed by atoms with Crippen LogP contribution in [0.25, 0.3) is 0 Å². The van der Waals surface area contributed by atoms with Gasteiger partial charge in [-0.25, -0.2) is 4.79 Å². The van der Waals surface area contributed by atoms with Gasteiger partial charge in [-0.2, -0.15) is 0 Å². The third-order valence-electron chi connectivity index (χ3n) is 3.47. The Labute approximate surface area is 131 Å². The summed E-state index contributed by atoms with van der Waals surface area (Å²) in [6.07, 6.45) is 1.04. The average molecular weight is 298 g/mol. The molecular formula is C18H22N2O2. The SMILES string of the molecule is CN(C)CCc1ccc(NCc2cccc(C(=O)O)c2)cc1. The van der Waals surface area contributed by atoms with Crippen LogP contribution in [0.5, 0.6) is 0 Å². The first kappa shape index (κ1) is 16.0. The van der Waals surface area contributed by atoms with Gasteiger partial charge >= 0.3 is 5.97 Å². The highest BCUT2D eigenvalue weighted by molar-refractivity contribution is 5.87. The van der Waals surface area contributed by atoms with E-state index in [1.807, 2.05) is 6.07 Å². The lowest BCUT2D eigenvalue weighted by molar-refractivity contribution is 0.0697. The van der Waals surface area contributed by atoms with E-state index in [-0.39, 0.29) is 0 Å². The number of benzene rings is 2. The van der Waals surface area contributed by atoms with Crippen molar-refractivity contribution in [3.05, 3.63) is 65.2 Å². The van der Waals surface area contributed by atoms with Crippen molar-refractivity contribution >= 4 is 11.7 Å². The lowest BCUT2D eigenvalue weighted by Gasteiger charge is -2.11. The van der Waals surface area contributed by atoms with Crippen molar-refractivity contribution < 1.29 is 9.90 Å². The minimum Gasteiger partial charge on any atom is -0.478 e. The zero-order valence-corrected chi connectivity index (χ0v) is 13.0. The molecule has 0 aliphatic carbocycles. The van der Waals surface area contributed by atoms with E-state index in [0.717, 1.165) is 24.2 Å². The fourth-order valence-electron chi connectivity index (χ4n) is 2.16. The van der Waals surface area contributed by atoms with Crippen LogP contribution < -0.4 is 5.32 Å². The molecule has 0 aromatic heterocycles. The lowest BCUT2D eigenvalue weighted by atomic mass is 10.1. The first-order valence-electron chi connectivity index (χ1n) is 7.34. The van der Waals surface area contributed by atoms with Crippen LogP contribution in [-0.2, 0) is 13.0 Å². The van der Waals surface area contributed by atoms with Crippen LogP contribution >= 0.6 is 0 Å². The highest BCUT2D eigenvalue weighted by atomic mass is 16.4. The van der Waals surface area contributed by atoms with Crippen LogP contribution in [0.3, 0.4) is 0 Å². The van der Waals surface area contributed by atoms with Crippen LogP contribution in [0.2, 0.25) is 0 Å². The second-order valence-electron chi connectivity index (χ2n) is 5.61. The monoisotopic (exact) mass is 298 g/mol. The Hall–Kier alpha value is -2.33. The molecular weight excluding hydrogens is 276 g/mol. The molecule has 2 aromatic carbocycles. The molecule has 2 aromatic rings. The van der Waals surface area contributed by atoms with Gasteiger partial charge in [-0.15, -0.1) is 0 Å². The summed E-state index contributed by atoms with van der Waals surface area (Å²) in [7, 11) is 4.14. The summed E-state index contributed by atoms with van der Waals surface area (Å²) in [6, 6.07) is 15.4. The highest BCUT2D eigenvalue weighted by Gasteiger charge is 2.03. The van der Waals surface area contributed by atoms with Gasteiger partial charge in [0.25, 0.3) is 0 Å². The van der Waals surface area contributed by atoms with Gasteiger partial charge in [-0.1, -0.05) is 24.3 Å². The number of rotatable bonds is 7. The molecule has 0 unspecified atom stereocenters. The van der Waals surface area contributed by atoms with E-state index >= 15 is 0 Å². The molecule has 0 saturated heterocycles. The van der Waals surface area contributed by atoms with E-state index in [1.165, 1.54) is 5.56 Å². The number of hydrogen-bond donors (Lipinski definition) is 2. The molecule has 0 fully saturated rings.